The van der Waals surface area contributed by atoms with E-state index < -0.39 is 0 Å². The number of hydrogen-bond donors (Lipinski definition) is 0. The van der Waals surface area contributed by atoms with Gasteiger partial charge in [0.05, 0.1) is 0 Å². The van der Waals surface area contributed by atoms with Crippen LogP contribution in [0.25, 0.3) is 0 Å². The molecule has 0 radical (unpaired) electrons. The minimum absolute atomic E-state index is 0.0930. The van der Waals surface area contributed by atoms with Crippen molar-refractivity contribution in [1.82, 2.24) is 9.88 Å². The average Bonchev–Trinajstić information content (AvgIpc) is 2.62. The molecule has 0 aliphatic carbocycles. The first-order valence-corrected chi connectivity index (χ1v) is 9.09. The highest BCUT2D eigenvalue weighted by atomic mass is 79.9. The van der Waals surface area contributed by atoms with Crippen LogP contribution >= 0.6 is 15.9 Å². The molecule has 126 valence electrons. The van der Waals surface area contributed by atoms with Crippen LogP contribution in [0.1, 0.15) is 34.6 Å². The SMILES string of the molecule is Cc1cccc(C#CC=C2CCN(C(=O)c3cccc(Br)c3)CC2)n1. The fraction of sp³-hybridized carbons (Fsp3) is 0.238. The highest BCUT2D eigenvalue weighted by Gasteiger charge is 2.20. The number of carbonyl (C=O) groups excluding carboxylic acids is 1. The lowest BCUT2D eigenvalue weighted by Gasteiger charge is -2.28. The Morgan fingerprint density at radius 2 is 1.96 bits per heavy atom. The van der Waals surface area contributed by atoms with Crippen LogP contribution in [-0.4, -0.2) is 28.9 Å². The largest absolute Gasteiger partial charge is 0.338 e. The van der Waals surface area contributed by atoms with Crippen LogP contribution in [0.15, 0.2) is 58.6 Å². The molecular weight excluding hydrogens is 376 g/mol. The zero-order chi connectivity index (χ0) is 17.6. The number of piperidine rings is 1. The van der Waals surface area contributed by atoms with Crippen molar-refractivity contribution < 1.29 is 4.79 Å². The molecule has 1 saturated heterocycles. The van der Waals surface area contributed by atoms with Crippen LogP contribution in [0.3, 0.4) is 0 Å². The lowest BCUT2D eigenvalue weighted by atomic mass is 10.0. The Morgan fingerprint density at radius 3 is 2.68 bits per heavy atom. The molecule has 0 N–H and O–H groups in total. The van der Waals surface area contributed by atoms with Gasteiger partial charge < -0.3 is 4.90 Å². The summed E-state index contributed by atoms with van der Waals surface area (Å²) in [7, 11) is 0. The number of amides is 1. The Bertz CT molecular complexity index is 867. The lowest BCUT2D eigenvalue weighted by Crippen LogP contribution is -2.36. The molecule has 1 aliphatic heterocycles. The molecule has 3 rings (SSSR count). The van der Waals surface area contributed by atoms with Crippen LogP contribution in [0.4, 0.5) is 0 Å². The van der Waals surface area contributed by atoms with Crippen LogP contribution in [0.5, 0.6) is 0 Å². The van der Waals surface area contributed by atoms with Gasteiger partial charge in [0.2, 0.25) is 0 Å². The smallest absolute Gasteiger partial charge is 0.253 e. The van der Waals surface area contributed by atoms with Gasteiger partial charge >= 0.3 is 0 Å². The normalized spacial score (nSPS) is 13.8. The summed E-state index contributed by atoms with van der Waals surface area (Å²) in [4.78, 5) is 18.8. The second-order valence-corrected chi connectivity index (χ2v) is 6.95. The van der Waals surface area contributed by atoms with E-state index in [2.05, 4.69) is 32.8 Å². The quantitative estimate of drug-likeness (QED) is 0.672. The van der Waals surface area contributed by atoms with Crippen molar-refractivity contribution in [3.05, 3.63) is 75.5 Å². The summed E-state index contributed by atoms with van der Waals surface area (Å²) in [6, 6.07) is 13.4. The predicted molar refractivity (Wildman–Crippen MR) is 103 cm³/mol. The van der Waals surface area contributed by atoms with Crippen LogP contribution < -0.4 is 0 Å². The van der Waals surface area contributed by atoms with E-state index in [4.69, 9.17) is 0 Å². The molecule has 4 heteroatoms. The molecule has 0 atom stereocenters. The molecule has 0 unspecified atom stereocenters. The van der Waals surface area contributed by atoms with Crippen molar-refractivity contribution in [1.29, 1.82) is 0 Å². The maximum atomic E-state index is 12.5. The molecule has 2 heterocycles. The molecule has 3 nitrogen and oxygen atoms in total. The maximum absolute atomic E-state index is 12.5. The Hall–Kier alpha value is -2.38. The van der Waals surface area contributed by atoms with Gasteiger partial charge in [0.25, 0.3) is 5.91 Å². The molecule has 1 amide bonds. The minimum atomic E-state index is 0.0930. The molecule has 25 heavy (non-hydrogen) atoms. The summed E-state index contributed by atoms with van der Waals surface area (Å²) in [5.74, 6) is 6.27. The summed E-state index contributed by atoms with van der Waals surface area (Å²) in [6.07, 6.45) is 3.72. The van der Waals surface area contributed by atoms with Crippen LogP contribution in [-0.2, 0) is 0 Å². The number of aryl methyl sites for hydroxylation is 1. The Kier molecular flexibility index (Phi) is 5.67. The van der Waals surface area contributed by atoms with E-state index >= 15 is 0 Å². The number of aromatic nitrogens is 1. The molecule has 1 aromatic carbocycles. The number of likely N-dealkylation sites (tertiary alicyclic amines) is 1. The summed E-state index contributed by atoms with van der Waals surface area (Å²) < 4.78 is 0.927. The van der Waals surface area contributed by atoms with E-state index in [-0.39, 0.29) is 5.91 Å². The minimum Gasteiger partial charge on any atom is -0.338 e. The van der Waals surface area contributed by atoms with Gasteiger partial charge in [-0.25, -0.2) is 4.98 Å². The Morgan fingerprint density at radius 1 is 1.20 bits per heavy atom. The highest BCUT2D eigenvalue weighted by Crippen LogP contribution is 2.19. The number of allylic oxidation sites excluding steroid dienone is 1. The summed E-state index contributed by atoms with van der Waals surface area (Å²) in [5.41, 5.74) is 3.78. The third-order valence-electron chi connectivity index (χ3n) is 4.13. The zero-order valence-electron chi connectivity index (χ0n) is 14.1. The Labute approximate surface area is 156 Å². The lowest BCUT2D eigenvalue weighted by molar-refractivity contribution is 0.0743. The van der Waals surface area contributed by atoms with E-state index in [1.165, 1.54) is 5.57 Å². The monoisotopic (exact) mass is 394 g/mol. The average molecular weight is 395 g/mol. The predicted octanol–water partition coefficient (Wildman–Crippen LogP) is 4.37. The second kappa shape index (κ2) is 8.13. The van der Waals surface area contributed by atoms with E-state index in [0.29, 0.717) is 0 Å². The number of rotatable bonds is 1. The second-order valence-electron chi connectivity index (χ2n) is 6.04. The van der Waals surface area contributed by atoms with E-state index in [1.807, 2.05) is 60.4 Å². The molecule has 0 saturated carbocycles. The standard InChI is InChI=1S/C21H19BrN2O/c1-16-5-2-9-20(23-16)10-3-6-17-11-13-24(14-12-17)21(25)18-7-4-8-19(22)15-18/h2,4-9,15H,11-14H2,1H3. The van der Waals surface area contributed by atoms with E-state index in [1.54, 1.807) is 0 Å². The van der Waals surface area contributed by atoms with Crippen molar-refractivity contribution in [2.75, 3.05) is 13.1 Å². The molecule has 0 bridgehead atoms. The molecule has 2 aromatic rings. The topological polar surface area (TPSA) is 33.2 Å². The van der Waals surface area contributed by atoms with Gasteiger partial charge in [0.15, 0.2) is 0 Å². The maximum Gasteiger partial charge on any atom is 0.253 e. The van der Waals surface area contributed by atoms with Gasteiger partial charge in [-0.15, -0.1) is 0 Å². The van der Waals surface area contributed by atoms with Crippen molar-refractivity contribution in [3.8, 4) is 11.8 Å². The van der Waals surface area contributed by atoms with Crippen molar-refractivity contribution in [2.24, 2.45) is 0 Å². The number of hydrogen-bond acceptors (Lipinski definition) is 2. The van der Waals surface area contributed by atoms with Gasteiger partial charge in [0, 0.05) is 28.8 Å². The van der Waals surface area contributed by atoms with Crippen molar-refractivity contribution >= 4 is 21.8 Å². The van der Waals surface area contributed by atoms with Crippen LogP contribution in [0.2, 0.25) is 0 Å². The first kappa shape index (κ1) is 17.4. The van der Waals surface area contributed by atoms with Gasteiger partial charge in [0.1, 0.15) is 5.69 Å². The fourth-order valence-electron chi connectivity index (χ4n) is 2.77. The molecule has 1 aliphatic rings. The highest BCUT2D eigenvalue weighted by molar-refractivity contribution is 9.10. The summed E-state index contributed by atoms with van der Waals surface area (Å²) in [6.45, 7) is 3.44. The van der Waals surface area contributed by atoms with Crippen molar-refractivity contribution in [2.45, 2.75) is 19.8 Å². The summed E-state index contributed by atoms with van der Waals surface area (Å²) >= 11 is 3.42. The summed E-state index contributed by atoms with van der Waals surface area (Å²) in [5, 5.41) is 0. The van der Waals surface area contributed by atoms with Gasteiger partial charge in [-0.2, -0.15) is 0 Å². The Balaban J connectivity index is 1.59. The molecular formula is C21H19BrN2O. The van der Waals surface area contributed by atoms with E-state index in [9.17, 15) is 4.79 Å². The molecule has 0 spiro atoms. The first-order valence-electron chi connectivity index (χ1n) is 8.30. The zero-order valence-corrected chi connectivity index (χ0v) is 15.7. The van der Waals surface area contributed by atoms with Crippen molar-refractivity contribution in [3.63, 3.8) is 0 Å². The number of benzene rings is 1. The first-order chi connectivity index (χ1) is 12.1. The number of carbonyl (C=O) groups is 1. The van der Waals surface area contributed by atoms with Crippen LogP contribution in [0, 0.1) is 18.8 Å². The van der Waals surface area contributed by atoms with E-state index in [0.717, 1.165) is 47.4 Å². The third kappa shape index (κ3) is 4.80. The fourth-order valence-corrected chi connectivity index (χ4v) is 3.17. The number of pyridine rings is 1. The number of nitrogens with zero attached hydrogens (tertiary/aromatic N) is 2. The van der Waals surface area contributed by atoms with Gasteiger partial charge in [-0.3, -0.25) is 4.79 Å². The van der Waals surface area contributed by atoms with Gasteiger partial charge in [-0.05, 0) is 62.1 Å². The molecule has 1 aromatic heterocycles. The third-order valence-corrected chi connectivity index (χ3v) is 4.62. The van der Waals surface area contributed by atoms with Gasteiger partial charge in [-0.1, -0.05) is 39.6 Å². The molecule has 1 fully saturated rings. The number of halogens is 1.